The van der Waals surface area contributed by atoms with Crippen LogP contribution in [0.15, 0.2) is 42.6 Å². The van der Waals surface area contributed by atoms with E-state index in [1.807, 2.05) is 0 Å². The summed E-state index contributed by atoms with van der Waals surface area (Å²) in [4.78, 5) is 16.1. The van der Waals surface area contributed by atoms with Crippen molar-refractivity contribution in [3.8, 4) is 0 Å². The van der Waals surface area contributed by atoms with Gasteiger partial charge in [0.25, 0.3) is 0 Å². The summed E-state index contributed by atoms with van der Waals surface area (Å²) in [6, 6.07) is 8.84. The maximum atomic E-state index is 13.1. The number of hydrogen-bond acceptors (Lipinski definition) is 3. The normalized spacial score (nSPS) is 10.8. The van der Waals surface area contributed by atoms with Gasteiger partial charge in [-0.3, -0.25) is 4.79 Å². The van der Waals surface area contributed by atoms with Gasteiger partial charge in [0.15, 0.2) is 5.15 Å². The minimum Gasteiger partial charge on any atom is -0.285 e. The van der Waals surface area contributed by atoms with Crippen molar-refractivity contribution in [1.82, 2.24) is 14.6 Å². The number of nitrogens with zero attached hydrogens (tertiary/aromatic N) is 3. The number of carbonyl (C=O) groups is 1. The number of halogens is 2. The molecule has 0 amide bonds. The summed E-state index contributed by atoms with van der Waals surface area (Å²) in [5.41, 5.74) is 0.792. The second-order valence-corrected chi connectivity index (χ2v) is 4.26. The Hall–Kier alpha value is -2.27. The molecule has 0 fully saturated rings. The van der Waals surface area contributed by atoms with Gasteiger partial charge in [-0.2, -0.15) is 0 Å². The van der Waals surface area contributed by atoms with E-state index in [2.05, 4.69) is 10.1 Å². The first-order valence-electron chi connectivity index (χ1n) is 5.46. The topological polar surface area (TPSA) is 47.3 Å². The summed E-state index contributed by atoms with van der Waals surface area (Å²) in [5.74, 6) is -1.03. The molecule has 0 spiro atoms. The van der Waals surface area contributed by atoms with Crippen molar-refractivity contribution in [2.24, 2.45) is 0 Å². The summed E-state index contributed by atoms with van der Waals surface area (Å²) >= 11 is 5.97. The Labute approximate surface area is 112 Å². The Morgan fingerprint density at radius 3 is 2.89 bits per heavy atom. The Morgan fingerprint density at radius 2 is 2.11 bits per heavy atom. The lowest BCUT2D eigenvalue weighted by atomic mass is 10.1. The molecular formula is C13H7ClFN3O. The van der Waals surface area contributed by atoms with E-state index in [1.54, 1.807) is 18.3 Å². The molecule has 0 aliphatic rings. The number of ketones is 1. The fourth-order valence-corrected chi connectivity index (χ4v) is 1.98. The summed E-state index contributed by atoms with van der Waals surface area (Å²) in [5, 5.41) is 4.23. The van der Waals surface area contributed by atoms with Gasteiger partial charge in [-0.05, 0) is 24.3 Å². The number of benzene rings is 1. The standard InChI is InChI=1S/C13H7ClFN3O/c14-12-10-5-2-6-18(10)17-13(16-12)11(19)8-3-1-4-9(15)7-8/h1-7H. The van der Waals surface area contributed by atoms with Crippen LogP contribution in [-0.2, 0) is 0 Å². The average Bonchev–Trinajstić information content (AvgIpc) is 2.86. The van der Waals surface area contributed by atoms with Crippen molar-refractivity contribution in [3.05, 3.63) is 65.0 Å². The van der Waals surface area contributed by atoms with E-state index in [0.29, 0.717) is 5.52 Å². The van der Waals surface area contributed by atoms with E-state index in [1.165, 1.54) is 22.7 Å². The first-order chi connectivity index (χ1) is 9.15. The van der Waals surface area contributed by atoms with Gasteiger partial charge in [0.2, 0.25) is 11.6 Å². The number of aromatic nitrogens is 3. The number of fused-ring (bicyclic) bond motifs is 1. The molecule has 2 heterocycles. The molecule has 3 rings (SSSR count). The molecule has 3 aromatic rings. The number of hydrogen-bond donors (Lipinski definition) is 0. The summed E-state index contributed by atoms with van der Waals surface area (Å²) < 4.78 is 14.6. The van der Waals surface area contributed by atoms with E-state index in [-0.39, 0.29) is 16.5 Å². The van der Waals surface area contributed by atoms with Crippen LogP contribution in [0.1, 0.15) is 16.2 Å². The van der Waals surface area contributed by atoms with E-state index < -0.39 is 11.6 Å². The molecule has 0 bridgehead atoms. The van der Waals surface area contributed by atoms with E-state index in [4.69, 9.17) is 11.6 Å². The highest BCUT2D eigenvalue weighted by atomic mass is 35.5. The largest absolute Gasteiger partial charge is 0.285 e. The second-order valence-electron chi connectivity index (χ2n) is 3.90. The predicted molar refractivity (Wildman–Crippen MR) is 67.8 cm³/mol. The van der Waals surface area contributed by atoms with Crippen LogP contribution < -0.4 is 0 Å². The smallest absolute Gasteiger partial charge is 0.232 e. The molecule has 0 aliphatic heterocycles. The lowest BCUT2D eigenvalue weighted by molar-refractivity contribution is 0.102. The summed E-state index contributed by atoms with van der Waals surface area (Å²) in [6.07, 6.45) is 1.66. The highest BCUT2D eigenvalue weighted by Gasteiger charge is 2.15. The lowest BCUT2D eigenvalue weighted by Gasteiger charge is -2.02. The van der Waals surface area contributed by atoms with Crippen LogP contribution >= 0.6 is 11.6 Å². The molecule has 0 aliphatic carbocycles. The van der Waals surface area contributed by atoms with Crippen LogP contribution in [0.3, 0.4) is 0 Å². The third-order valence-corrected chi connectivity index (χ3v) is 2.91. The van der Waals surface area contributed by atoms with Gasteiger partial charge in [0.1, 0.15) is 11.3 Å². The minimum atomic E-state index is -0.487. The lowest BCUT2D eigenvalue weighted by Crippen LogP contribution is -2.10. The number of rotatable bonds is 2. The van der Waals surface area contributed by atoms with Crippen LogP contribution in [0.2, 0.25) is 5.15 Å². The quantitative estimate of drug-likeness (QED) is 0.676. The van der Waals surface area contributed by atoms with Crippen molar-refractivity contribution >= 4 is 22.9 Å². The van der Waals surface area contributed by atoms with Crippen molar-refractivity contribution < 1.29 is 9.18 Å². The Bertz CT molecular complexity index is 784. The van der Waals surface area contributed by atoms with Crippen LogP contribution in [0.5, 0.6) is 0 Å². The molecule has 0 radical (unpaired) electrons. The summed E-state index contributed by atoms with van der Waals surface area (Å²) in [6.45, 7) is 0. The van der Waals surface area contributed by atoms with Crippen molar-refractivity contribution in [3.63, 3.8) is 0 Å². The van der Waals surface area contributed by atoms with Gasteiger partial charge in [0.05, 0.1) is 0 Å². The zero-order chi connectivity index (χ0) is 13.4. The third-order valence-electron chi connectivity index (χ3n) is 2.64. The molecule has 94 valence electrons. The summed E-state index contributed by atoms with van der Waals surface area (Å²) in [7, 11) is 0. The van der Waals surface area contributed by atoms with Gasteiger partial charge < -0.3 is 0 Å². The minimum absolute atomic E-state index is 0.0701. The van der Waals surface area contributed by atoms with Crippen molar-refractivity contribution in [2.45, 2.75) is 0 Å². The zero-order valence-electron chi connectivity index (χ0n) is 9.55. The fourth-order valence-electron chi connectivity index (χ4n) is 1.75. The van der Waals surface area contributed by atoms with E-state index in [9.17, 15) is 9.18 Å². The molecule has 0 unspecified atom stereocenters. The van der Waals surface area contributed by atoms with Crippen LogP contribution in [0.4, 0.5) is 4.39 Å². The van der Waals surface area contributed by atoms with E-state index in [0.717, 1.165) is 6.07 Å². The molecule has 6 heteroatoms. The van der Waals surface area contributed by atoms with Crippen LogP contribution in [0.25, 0.3) is 5.52 Å². The SMILES string of the molecule is O=C(c1cccc(F)c1)c1nc(Cl)c2cccn2n1. The highest BCUT2D eigenvalue weighted by molar-refractivity contribution is 6.32. The molecule has 0 atom stereocenters. The molecule has 4 nitrogen and oxygen atoms in total. The van der Waals surface area contributed by atoms with Gasteiger partial charge in [-0.25, -0.2) is 13.9 Å². The molecule has 0 saturated carbocycles. The fraction of sp³-hybridized carbons (Fsp3) is 0. The molecule has 0 N–H and O–H groups in total. The molecule has 2 aromatic heterocycles. The molecule has 0 saturated heterocycles. The molecular weight excluding hydrogens is 269 g/mol. The monoisotopic (exact) mass is 275 g/mol. The first-order valence-corrected chi connectivity index (χ1v) is 5.84. The highest BCUT2D eigenvalue weighted by Crippen LogP contribution is 2.16. The van der Waals surface area contributed by atoms with Crippen molar-refractivity contribution in [2.75, 3.05) is 0 Å². The van der Waals surface area contributed by atoms with Crippen molar-refractivity contribution in [1.29, 1.82) is 0 Å². The van der Waals surface area contributed by atoms with Gasteiger partial charge in [-0.15, -0.1) is 5.10 Å². The van der Waals surface area contributed by atoms with Gasteiger partial charge in [-0.1, -0.05) is 23.7 Å². The van der Waals surface area contributed by atoms with Crippen LogP contribution in [0, 0.1) is 5.82 Å². The predicted octanol–water partition coefficient (Wildman–Crippen LogP) is 2.75. The van der Waals surface area contributed by atoms with Crippen LogP contribution in [-0.4, -0.2) is 20.4 Å². The third kappa shape index (κ3) is 2.08. The van der Waals surface area contributed by atoms with Gasteiger partial charge in [0, 0.05) is 11.8 Å². The second kappa shape index (κ2) is 4.44. The first kappa shape index (κ1) is 11.8. The molecule has 19 heavy (non-hydrogen) atoms. The maximum absolute atomic E-state index is 13.1. The Balaban J connectivity index is 2.11. The Morgan fingerprint density at radius 1 is 1.26 bits per heavy atom. The Kier molecular flexibility index (Phi) is 2.76. The van der Waals surface area contributed by atoms with E-state index >= 15 is 0 Å². The maximum Gasteiger partial charge on any atom is 0.232 e. The molecule has 1 aromatic carbocycles. The zero-order valence-corrected chi connectivity index (χ0v) is 10.3. The average molecular weight is 276 g/mol. The number of carbonyl (C=O) groups excluding carboxylic acids is 1. The van der Waals surface area contributed by atoms with Gasteiger partial charge >= 0.3 is 0 Å².